The number of hydrogen-bond acceptors (Lipinski definition) is 4. The van der Waals surface area contributed by atoms with Crippen molar-refractivity contribution in [1.82, 2.24) is 9.78 Å². The van der Waals surface area contributed by atoms with Crippen LogP contribution in [0.4, 0.5) is 0 Å². The zero-order valence-electron chi connectivity index (χ0n) is 13.9. The molecule has 0 fully saturated rings. The van der Waals surface area contributed by atoms with Crippen molar-refractivity contribution in [1.29, 1.82) is 0 Å². The number of methoxy groups -OCH3 is 1. The molecule has 0 amide bonds. The van der Waals surface area contributed by atoms with Crippen molar-refractivity contribution in [3.05, 3.63) is 60.3 Å². The molecule has 0 saturated heterocycles. The maximum Gasteiger partial charge on any atom is 0.121 e. The van der Waals surface area contributed by atoms with Gasteiger partial charge in [0.15, 0.2) is 0 Å². The SMILES string of the molecule is CCOc1ccc(-c2cc(CN)nn2-c2cccc(OC)c2)cc1. The summed E-state index contributed by atoms with van der Waals surface area (Å²) in [6.07, 6.45) is 0. The van der Waals surface area contributed by atoms with E-state index < -0.39 is 0 Å². The summed E-state index contributed by atoms with van der Waals surface area (Å²) in [6, 6.07) is 17.8. The Morgan fingerprint density at radius 2 is 1.83 bits per heavy atom. The second-order valence-electron chi connectivity index (χ2n) is 5.30. The van der Waals surface area contributed by atoms with Gasteiger partial charge in [0.2, 0.25) is 0 Å². The van der Waals surface area contributed by atoms with Gasteiger partial charge in [0.25, 0.3) is 0 Å². The summed E-state index contributed by atoms with van der Waals surface area (Å²) in [7, 11) is 1.65. The van der Waals surface area contributed by atoms with Crippen molar-refractivity contribution < 1.29 is 9.47 Å². The Labute approximate surface area is 141 Å². The zero-order chi connectivity index (χ0) is 16.9. The van der Waals surface area contributed by atoms with Crippen molar-refractivity contribution in [2.45, 2.75) is 13.5 Å². The van der Waals surface area contributed by atoms with Gasteiger partial charge in [0.05, 0.1) is 30.8 Å². The standard InChI is InChI=1S/C19H21N3O2/c1-3-24-17-9-7-14(8-10-17)19-11-15(13-20)21-22(19)16-5-4-6-18(12-16)23-2/h4-12H,3,13,20H2,1-2H3. The highest BCUT2D eigenvalue weighted by Gasteiger charge is 2.12. The second kappa shape index (κ2) is 7.19. The Bertz CT molecular complexity index is 810. The van der Waals surface area contributed by atoms with Crippen LogP contribution in [0.5, 0.6) is 11.5 Å². The van der Waals surface area contributed by atoms with Crippen molar-refractivity contribution >= 4 is 0 Å². The quantitative estimate of drug-likeness (QED) is 0.755. The van der Waals surface area contributed by atoms with E-state index in [0.717, 1.165) is 34.1 Å². The molecule has 1 aromatic heterocycles. The van der Waals surface area contributed by atoms with Gasteiger partial charge >= 0.3 is 0 Å². The molecule has 0 aliphatic carbocycles. The van der Waals surface area contributed by atoms with Crippen LogP contribution in [0.25, 0.3) is 16.9 Å². The molecule has 2 aromatic carbocycles. The highest BCUT2D eigenvalue weighted by atomic mass is 16.5. The van der Waals surface area contributed by atoms with E-state index >= 15 is 0 Å². The Kier molecular flexibility index (Phi) is 4.82. The number of nitrogens with zero attached hydrogens (tertiary/aromatic N) is 2. The molecular formula is C19H21N3O2. The van der Waals surface area contributed by atoms with Gasteiger partial charge in [-0.3, -0.25) is 0 Å². The zero-order valence-corrected chi connectivity index (χ0v) is 13.9. The molecule has 3 aromatic rings. The van der Waals surface area contributed by atoms with E-state index in [-0.39, 0.29) is 0 Å². The van der Waals surface area contributed by atoms with E-state index in [1.165, 1.54) is 0 Å². The monoisotopic (exact) mass is 323 g/mol. The smallest absolute Gasteiger partial charge is 0.121 e. The molecule has 5 heteroatoms. The lowest BCUT2D eigenvalue weighted by atomic mass is 10.1. The normalized spacial score (nSPS) is 10.6. The minimum absolute atomic E-state index is 0.390. The Balaban J connectivity index is 2.05. The number of ether oxygens (including phenoxy) is 2. The maximum absolute atomic E-state index is 5.79. The third-order valence-electron chi connectivity index (χ3n) is 3.73. The lowest BCUT2D eigenvalue weighted by Crippen LogP contribution is -2.02. The average Bonchev–Trinajstić information content (AvgIpc) is 3.07. The molecule has 1 heterocycles. The Morgan fingerprint density at radius 3 is 2.50 bits per heavy atom. The maximum atomic E-state index is 5.79. The number of benzene rings is 2. The van der Waals surface area contributed by atoms with Crippen LogP contribution in [-0.4, -0.2) is 23.5 Å². The first-order chi connectivity index (χ1) is 11.7. The number of nitrogens with two attached hydrogens (primary N) is 1. The predicted molar refractivity (Wildman–Crippen MR) is 94.6 cm³/mol. The van der Waals surface area contributed by atoms with Gasteiger partial charge in [-0.25, -0.2) is 4.68 Å². The second-order valence-corrected chi connectivity index (χ2v) is 5.30. The van der Waals surface area contributed by atoms with Gasteiger partial charge in [-0.2, -0.15) is 5.10 Å². The number of aromatic nitrogens is 2. The highest BCUT2D eigenvalue weighted by molar-refractivity contribution is 5.64. The largest absolute Gasteiger partial charge is 0.497 e. The predicted octanol–water partition coefficient (Wildman–Crippen LogP) is 3.41. The molecular weight excluding hydrogens is 302 g/mol. The van der Waals surface area contributed by atoms with Gasteiger partial charge in [-0.05, 0) is 49.4 Å². The van der Waals surface area contributed by atoms with E-state index in [1.54, 1.807) is 7.11 Å². The van der Waals surface area contributed by atoms with Gasteiger partial charge in [-0.15, -0.1) is 0 Å². The molecule has 2 N–H and O–H groups in total. The van der Waals surface area contributed by atoms with E-state index in [4.69, 9.17) is 15.2 Å². The Hall–Kier alpha value is -2.79. The molecule has 24 heavy (non-hydrogen) atoms. The van der Waals surface area contributed by atoms with Crippen molar-refractivity contribution in [3.8, 4) is 28.4 Å². The van der Waals surface area contributed by atoms with Gasteiger partial charge in [0, 0.05) is 18.2 Å². The van der Waals surface area contributed by atoms with Crippen LogP contribution >= 0.6 is 0 Å². The first kappa shape index (κ1) is 16.1. The molecule has 0 aliphatic heterocycles. The summed E-state index contributed by atoms with van der Waals surface area (Å²) < 4.78 is 12.7. The fourth-order valence-corrected chi connectivity index (χ4v) is 2.56. The minimum Gasteiger partial charge on any atom is -0.497 e. The Morgan fingerprint density at radius 1 is 1.04 bits per heavy atom. The molecule has 0 spiro atoms. The number of hydrogen-bond donors (Lipinski definition) is 1. The third-order valence-corrected chi connectivity index (χ3v) is 3.73. The van der Waals surface area contributed by atoms with Crippen LogP contribution in [0, 0.1) is 0 Å². The van der Waals surface area contributed by atoms with Crippen LogP contribution in [0.3, 0.4) is 0 Å². The lowest BCUT2D eigenvalue weighted by molar-refractivity contribution is 0.340. The lowest BCUT2D eigenvalue weighted by Gasteiger charge is -2.10. The minimum atomic E-state index is 0.390. The first-order valence-electron chi connectivity index (χ1n) is 7.91. The molecule has 0 saturated carbocycles. The van der Waals surface area contributed by atoms with E-state index in [2.05, 4.69) is 5.10 Å². The summed E-state index contributed by atoms with van der Waals surface area (Å²) in [6.45, 7) is 3.01. The summed E-state index contributed by atoms with van der Waals surface area (Å²) in [4.78, 5) is 0. The summed E-state index contributed by atoms with van der Waals surface area (Å²) in [5.41, 5.74) is 9.58. The third kappa shape index (κ3) is 3.26. The average molecular weight is 323 g/mol. The van der Waals surface area contributed by atoms with Crippen LogP contribution in [0.2, 0.25) is 0 Å². The van der Waals surface area contributed by atoms with Crippen molar-refractivity contribution in [2.24, 2.45) is 5.73 Å². The molecule has 0 aliphatic rings. The van der Waals surface area contributed by atoms with Gasteiger partial charge in [0.1, 0.15) is 11.5 Å². The molecule has 124 valence electrons. The van der Waals surface area contributed by atoms with Gasteiger partial charge in [-0.1, -0.05) is 6.07 Å². The first-order valence-corrected chi connectivity index (χ1v) is 7.91. The molecule has 5 nitrogen and oxygen atoms in total. The number of rotatable bonds is 6. The van der Waals surface area contributed by atoms with E-state index in [1.807, 2.05) is 66.2 Å². The fourth-order valence-electron chi connectivity index (χ4n) is 2.56. The van der Waals surface area contributed by atoms with Crippen molar-refractivity contribution in [2.75, 3.05) is 13.7 Å². The van der Waals surface area contributed by atoms with Crippen LogP contribution in [-0.2, 0) is 6.54 Å². The summed E-state index contributed by atoms with van der Waals surface area (Å²) >= 11 is 0. The summed E-state index contributed by atoms with van der Waals surface area (Å²) in [5.74, 6) is 1.64. The van der Waals surface area contributed by atoms with Crippen LogP contribution in [0.1, 0.15) is 12.6 Å². The highest BCUT2D eigenvalue weighted by Crippen LogP contribution is 2.27. The summed E-state index contributed by atoms with van der Waals surface area (Å²) in [5, 5.41) is 4.61. The molecule has 0 unspecified atom stereocenters. The van der Waals surface area contributed by atoms with Crippen LogP contribution < -0.4 is 15.2 Å². The topological polar surface area (TPSA) is 62.3 Å². The van der Waals surface area contributed by atoms with Crippen LogP contribution in [0.15, 0.2) is 54.6 Å². The molecule has 0 atom stereocenters. The van der Waals surface area contributed by atoms with E-state index in [9.17, 15) is 0 Å². The molecule has 3 rings (SSSR count). The fraction of sp³-hybridized carbons (Fsp3) is 0.211. The van der Waals surface area contributed by atoms with Crippen molar-refractivity contribution in [3.63, 3.8) is 0 Å². The van der Waals surface area contributed by atoms with Gasteiger partial charge < -0.3 is 15.2 Å². The molecule has 0 radical (unpaired) electrons. The van der Waals surface area contributed by atoms with E-state index in [0.29, 0.717) is 13.2 Å². The molecule has 0 bridgehead atoms.